The van der Waals surface area contributed by atoms with Gasteiger partial charge in [-0.2, -0.15) is 5.10 Å². The molecule has 2 aliphatic rings. The summed E-state index contributed by atoms with van der Waals surface area (Å²) in [6, 6.07) is 13.8. The predicted molar refractivity (Wildman–Crippen MR) is 86.3 cm³/mol. The second-order valence-corrected chi connectivity index (χ2v) is 5.67. The number of nitrogens with zero attached hydrogens (tertiary/aromatic N) is 2. The van der Waals surface area contributed by atoms with Crippen LogP contribution in [-0.4, -0.2) is 23.4 Å². The first kappa shape index (κ1) is 13.3. The molecule has 3 aromatic rings. The largest absolute Gasteiger partial charge is 0.454 e. The molecule has 2 aliphatic heterocycles. The van der Waals surface area contributed by atoms with Gasteiger partial charge in [0.15, 0.2) is 23.0 Å². The molecule has 3 heterocycles. The lowest BCUT2D eigenvalue weighted by Gasteiger charge is -2.03. The summed E-state index contributed by atoms with van der Waals surface area (Å²) in [4.78, 5) is 0. The van der Waals surface area contributed by atoms with E-state index >= 15 is 0 Å². The summed E-state index contributed by atoms with van der Waals surface area (Å²) < 4.78 is 23.5. The van der Waals surface area contributed by atoms with E-state index in [1.807, 2.05) is 48.1 Å². The molecule has 0 unspecified atom stereocenters. The lowest BCUT2D eigenvalue weighted by atomic mass is 10.1. The van der Waals surface area contributed by atoms with Crippen molar-refractivity contribution in [2.45, 2.75) is 0 Å². The minimum Gasteiger partial charge on any atom is -0.454 e. The first-order valence-corrected chi connectivity index (χ1v) is 7.62. The molecule has 5 rings (SSSR count). The molecule has 0 bridgehead atoms. The quantitative estimate of drug-likeness (QED) is 0.725. The predicted octanol–water partition coefficient (Wildman–Crippen LogP) is 3.21. The molecule has 6 nitrogen and oxygen atoms in total. The molecule has 0 fully saturated rings. The summed E-state index contributed by atoms with van der Waals surface area (Å²) in [5.74, 6) is 3.06. The van der Waals surface area contributed by atoms with Crippen LogP contribution in [0.5, 0.6) is 23.0 Å². The maximum absolute atomic E-state index is 5.46. The summed E-state index contributed by atoms with van der Waals surface area (Å²) in [5.41, 5.74) is 3.90. The Bertz CT molecular complexity index is 948. The van der Waals surface area contributed by atoms with Gasteiger partial charge in [0.25, 0.3) is 0 Å². The van der Waals surface area contributed by atoms with Crippen LogP contribution in [0.3, 0.4) is 0 Å². The molecule has 0 amide bonds. The van der Waals surface area contributed by atoms with Gasteiger partial charge >= 0.3 is 0 Å². The summed E-state index contributed by atoms with van der Waals surface area (Å²) >= 11 is 0. The van der Waals surface area contributed by atoms with Gasteiger partial charge in [-0.15, -0.1) is 0 Å². The Hall–Kier alpha value is -3.15. The van der Waals surface area contributed by atoms with E-state index in [4.69, 9.17) is 18.9 Å². The molecule has 0 radical (unpaired) electrons. The molecule has 0 saturated heterocycles. The molecule has 120 valence electrons. The van der Waals surface area contributed by atoms with Crippen molar-refractivity contribution >= 4 is 0 Å². The van der Waals surface area contributed by atoms with Crippen molar-refractivity contribution in [1.29, 1.82) is 0 Å². The van der Waals surface area contributed by atoms with Crippen LogP contribution in [0.15, 0.2) is 42.5 Å². The molecule has 0 saturated carbocycles. The topological polar surface area (TPSA) is 54.7 Å². The smallest absolute Gasteiger partial charge is 0.231 e. The van der Waals surface area contributed by atoms with Crippen molar-refractivity contribution in [2.24, 2.45) is 7.05 Å². The highest BCUT2D eigenvalue weighted by atomic mass is 16.7. The Kier molecular flexibility index (Phi) is 2.73. The molecular formula is C18H14N2O4. The third-order valence-electron chi connectivity index (χ3n) is 4.22. The standard InChI is InChI=1S/C18H14N2O4/c1-20-14(12-3-5-16-18(7-12)24-10-22-16)8-13(19-20)11-2-4-15-17(6-11)23-9-21-15/h2-8H,9-10H2,1H3. The second-order valence-electron chi connectivity index (χ2n) is 5.67. The number of aromatic nitrogens is 2. The molecule has 2 aromatic carbocycles. The van der Waals surface area contributed by atoms with Gasteiger partial charge in [0.1, 0.15) is 0 Å². The number of aryl methyl sites for hydroxylation is 1. The van der Waals surface area contributed by atoms with E-state index in [0.717, 1.165) is 45.5 Å². The second kappa shape index (κ2) is 4.92. The first-order valence-electron chi connectivity index (χ1n) is 7.62. The van der Waals surface area contributed by atoms with Crippen molar-refractivity contribution in [3.63, 3.8) is 0 Å². The lowest BCUT2D eigenvalue weighted by molar-refractivity contribution is 0.173. The van der Waals surface area contributed by atoms with Crippen molar-refractivity contribution in [2.75, 3.05) is 13.6 Å². The van der Waals surface area contributed by atoms with Gasteiger partial charge in [-0.25, -0.2) is 0 Å². The van der Waals surface area contributed by atoms with Gasteiger partial charge < -0.3 is 18.9 Å². The zero-order valence-corrected chi connectivity index (χ0v) is 13.0. The van der Waals surface area contributed by atoms with Crippen LogP contribution >= 0.6 is 0 Å². The summed E-state index contributed by atoms with van der Waals surface area (Å²) in [7, 11) is 1.93. The number of hydrogen-bond donors (Lipinski definition) is 0. The number of fused-ring (bicyclic) bond motifs is 2. The third kappa shape index (κ3) is 2.00. The molecule has 0 spiro atoms. The number of benzene rings is 2. The average Bonchev–Trinajstić information content (AvgIpc) is 3.32. The highest BCUT2D eigenvalue weighted by Crippen LogP contribution is 2.38. The third-order valence-corrected chi connectivity index (χ3v) is 4.22. The van der Waals surface area contributed by atoms with Gasteiger partial charge in [0, 0.05) is 18.2 Å². The van der Waals surface area contributed by atoms with Crippen LogP contribution in [0.2, 0.25) is 0 Å². The van der Waals surface area contributed by atoms with Gasteiger partial charge in [0.05, 0.1) is 11.4 Å². The lowest BCUT2D eigenvalue weighted by Crippen LogP contribution is -1.94. The minimum atomic E-state index is 0.267. The monoisotopic (exact) mass is 322 g/mol. The van der Waals surface area contributed by atoms with E-state index in [1.54, 1.807) is 0 Å². The molecular weight excluding hydrogens is 308 g/mol. The maximum Gasteiger partial charge on any atom is 0.231 e. The Morgan fingerprint density at radius 1 is 0.750 bits per heavy atom. The fourth-order valence-corrected chi connectivity index (χ4v) is 2.99. The molecule has 24 heavy (non-hydrogen) atoms. The zero-order chi connectivity index (χ0) is 16.1. The van der Waals surface area contributed by atoms with Crippen LogP contribution in [-0.2, 0) is 7.05 Å². The number of rotatable bonds is 2. The van der Waals surface area contributed by atoms with E-state index in [9.17, 15) is 0 Å². The van der Waals surface area contributed by atoms with Crippen LogP contribution in [0.4, 0.5) is 0 Å². The number of hydrogen-bond acceptors (Lipinski definition) is 5. The Morgan fingerprint density at radius 2 is 1.33 bits per heavy atom. The zero-order valence-electron chi connectivity index (χ0n) is 13.0. The highest BCUT2D eigenvalue weighted by Gasteiger charge is 2.18. The normalized spacial score (nSPS) is 14.2. The minimum absolute atomic E-state index is 0.267. The van der Waals surface area contributed by atoms with Crippen LogP contribution in [0.1, 0.15) is 0 Å². The van der Waals surface area contributed by atoms with Crippen molar-refractivity contribution < 1.29 is 18.9 Å². The molecule has 6 heteroatoms. The highest BCUT2D eigenvalue weighted by molar-refractivity contribution is 5.72. The first-order chi connectivity index (χ1) is 11.8. The van der Waals surface area contributed by atoms with E-state index in [-0.39, 0.29) is 13.6 Å². The summed E-state index contributed by atoms with van der Waals surface area (Å²) in [6.45, 7) is 0.538. The maximum atomic E-state index is 5.46. The van der Waals surface area contributed by atoms with E-state index in [2.05, 4.69) is 11.2 Å². The van der Waals surface area contributed by atoms with E-state index < -0.39 is 0 Å². The van der Waals surface area contributed by atoms with Crippen molar-refractivity contribution in [1.82, 2.24) is 9.78 Å². The summed E-state index contributed by atoms with van der Waals surface area (Å²) in [5, 5.41) is 4.62. The Morgan fingerprint density at radius 3 is 2.04 bits per heavy atom. The molecule has 0 atom stereocenters. The van der Waals surface area contributed by atoms with Crippen LogP contribution < -0.4 is 18.9 Å². The molecule has 1 aromatic heterocycles. The van der Waals surface area contributed by atoms with Crippen LogP contribution in [0.25, 0.3) is 22.5 Å². The fraction of sp³-hybridized carbons (Fsp3) is 0.167. The van der Waals surface area contributed by atoms with E-state index in [0.29, 0.717) is 0 Å². The van der Waals surface area contributed by atoms with Crippen molar-refractivity contribution in [3.8, 4) is 45.5 Å². The van der Waals surface area contributed by atoms with Gasteiger partial charge in [-0.05, 0) is 42.5 Å². The van der Waals surface area contributed by atoms with Crippen LogP contribution in [0, 0.1) is 0 Å². The van der Waals surface area contributed by atoms with Gasteiger partial charge in [-0.1, -0.05) is 0 Å². The molecule has 0 aliphatic carbocycles. The fourth-order valence-electron chi connectivity index (χ4n) is 2.99. The average molecular weight is 322 g/mol. The molecule has 0 N–H and O–H groups in total. The van der Waals surface area contributed by atoms with Gasteiger partial charge in [-0.3, -0.25) is 4.68 Å². The SMILES string of the molecule is Cn1nc(-c2ccc3c(c2)OCO3)cc1-c1ccc2c(c1)OCO2. The van der Waals surface area contributed by atoms with E-state index in [1.165, 1.54) is 0 Å². The number of ether oxygens (including phenoxy) is 4. The summed E-state index contributed by atoms with van der Waals surface area (Å²) in [6.07, 6.45) is 0. The Balaban J connectivity index is 1.55. The Labute approximate surface area is 138 Å². The van der Waals surface area contributed by atoms with Crippen molar-refractivity contribution in [3.05, 3.63) is 42.5 Å². The van der Waals surface area contributed by atoms with Gasteiger partial charge in [0.2, 0.25) is 13.6 Å².